The molecule has 0 aliphatic carbocycles. The molecule has 6 heteroatoms. The Morgan fingerprint density at radius 3 is 2.54 bits per heavy atom. The van der Waals surface area contributed by atoms with Gasteiger partial charge in [-0.2, -0.15) is 10.2 Å². The molecule has 0 unspecified atom stereocenters. The number of aryl methyl sites for hydroxylation is 1. The summed E-state index contributed by atoms with van der Waals surface area (Å²) in [5.41, 5.74) is 7.39. The Kier molecular flexibility index (Phi) is 6.09. The summed E-state index contributed by atoms with van der Waals surface area (Å²) in [6, 6.07) is 31.7. The summed E-state index contributed by atoms with van der Waals surface area (Å²) in [4.78, 5) is 13.0. The van der Waals surface area contributed by atoms with Gasteiger partial charge in [0, 0.05) is 11.1 Å². The molecule has 0 atom stereocenters. The monoisotopic (exact) mass is 460 g/mol. The molecule has 0 fully saturated rings. The molecule has 172 valence electrons. The highest BCUT2D eigenvalue weighted by atomic mass is 16.5. The van der Waals surface area contributed by atoms with Crippen LogP contribution in [0.15, 0.2) is 102 Å². The van der Waals surface area contributed by atoms with E-state index < -0.39 is 5.91 Å². The largest absolute Gasteiger partial charge is 0.496 e. The summed E-state index contributed by atoms with van der Waals surface area (Å²) in [5.74, 6) is 0.275. The van der Waals surface area contributed by atoms with Gasteiger partial charge in [0.1, 0.15) is 5.75 Å². The second-order valence-corrected chi connectivity index (χ2v) is 8.17. The molecule has 1 N–H and O–H groups in total. The van der Waals surface area contributed by atoms with Crippen molar-refractivity contribution in [1.82, 2.24) is 15.2 Å². The molecule has 0 aliphatic rings. The Morgan fingerprint density at radius 2 is 1.71 bits per heavy atom. The average molecular weight is 461 g/mol. The molecule has 1 amide bonds. The van der Waals surface area contributed by atoms with Crippen LogP contribution < -0.4 is 10.2 Å². The molecule has 0 radical (unpaired) electrons. The van der Waals surface area contributed by atoms with Crippen molar-refractivity contribution in [3.8, 4) is 22.7 Å². The maximum Gasteiger partial charge on any atom is 0.291 e. The highest BCUT2D eigenvalue weighted by Crippen LogP contribution is 2.28. The summed E-state index contributed by atoms with van der Waals surface area (Å²) in [6.45, 7) is 2.03. The van der Waals surface area contributed by atoms with E-state index >= 15 is 0 Å². The van der Waals surface area contributed by atoms with Crippen LogP contribution in [-0.4, -0.2) is 29.0 Å². The van der Waals surface area contributed by atoms with Crippen molar-refractivity contribution in [3.05, 3.63) is 114 Å². The fourth-order valence-electron chi connectivity index (χ4n) is 3.99. The number of carbonyl (C=O) groups excluding carboxylic acids is 1. The van der Waals surface area contributed by atoms with E-state index in [-0.39, 0.29) is 5.69 Å². The summed E-state index contributed by atoms with van der Waals surface area (Å²) in [7, 11) is 1.59. The molecule has 0 bridgehead atoms. The number of para-hydroxylation sites is 1. The van der Waals surface area contributed by atoms with Crippen molar-refractivity contribution in [2.45, 2.75) is 6.92 Å². The molecule has 0 aliphatic heterocycles. The first-order valence-corrected chi connectivity index (χ1v) is 11.2. The van der Waals surface area contributed by atoms with Crippen LogP contribution in [0.3, 0.4) is 0 Å². The van der Waals surface area contributed by atoms with Gasteiger partial charge < -0.3 is 4.74 Å². The van der Waals surface area contributed by atoms with Crippen LogP contribution >= 0.6 is 0 Å². The van der Waals surface area contributed by atoms with Gasteiger partial charge in [-0.1, -0.05) is 60.7 Å². The summed E-state index contributed by atoms with van der Waals surface area (Å²) in [6.07, 6.45) is 1.55. The van der Waals surface area contributed by atoms with E-state index in [1.54, 1.807) is 24.1 Å². The number of nitrogens with one attached hydrogen (secondary N) is 1. The van der Waals surface area contributed by atoms with Gasteiger partial charge in [-0.05, 0) is 59.7 Å². The third-order valence-corrected chi connectivity index (χ3v) is 5.74. The van der Waals surface area contributed by atoms with Crippen LogP contribution in [0.25, 0.3) is 27.7 Å². The van der Waals surface area contributed by atoms with Crippen molar-refractivity contribution >= 4 is 22.9 Å². The number of hydrazone groups is 1. The number of nitrogens with zero attached hydrogens (tertiary/aromatic N) is 3. The lowest BCUT2D eigenvalue weighted by Crippen LogP contribution is -2.18. The fraction of sp³-hybridized carbons (Fsp3) is 0.0690. The van der Waals surface area contributed by atoms with E-state index in [1.165, 1.54) is 0 Å². The van der Waals surface area contributed by atoms with E-state index in [0.29, 0.717) is 5.75 Å². The Bertz CT molecular complexity index is 1550. The van der Waals surface area contributed by atoms with Gasteiger partial charge in [0.05, 0.1) is 24.7 Å². The molecular formula is C29H24N4O2. The third-order valence-electron chi connectivity index (χ3n) is 5.74. The maximum atomic E-state index is 13.0. The molecule has 4 aromatic carbocycles. The predicted octanol–water partition coefficient (Wildman–Crippen LogP) is 5.77. The Morgan fingerprint density at radius 1 is 0.914 bits per heavy atom. The van der Waals surface area contributed by atoms with Gasteiger partial charge in [-0.25, -0.2) is 10.1 Å². The van der Waals surface area contributed by atoms with Gasteiger partial charge in [0.15, 0.2) is 5.69 Å². The minimum absolute atomic E-state index is 0.270. The SMILES string of the molecule is COc1ccccc1/C=N\NC(=O)c1cc(-c2ccc3ccccc3c2)n(-c2cccc(C)c2)n1. The van der Waals surface area contributed by atoms with E-state index in [9.17, 15) is 4.79 Å². The van der Waals surface area contributed by atoms with Crippen LogP contribution in [0.4, 0.5) is 0 Å². The first-order valence-electron chi connectivity index (χ1n) is 11.2. The zero-order valence-electron chi connectivity index (χ0n) is 19.5. The van der Waals surface area contributed by atoms with Gasteiger partial charge in [0.2, 0.25) is 0 Å². The van der Waals surface area contributed by atoms with Crippen molar-refractivity contribution in [2.24, 2.45) is 5.10 Å². The lowest BCUT2D eigenvalue weighted by Gasteiger charge is -2.09. The van der Waals surface area contributed by atoms with E-state index in [2.05, 4.69) is 39.9 Å². The van der Waals surface area contributed by atoms with E-state index in [0.717, 1.165) is 38.8 Å². The molecule has 6 nitrogen and oxygen atoms in total. The first kappa shape index (κ1) is 22.1. The van der Waals surface area contributed by atoms with Crippen LogP contribution in [-0.2, 0) is 0 Å². The smallest absolute Gasteiger partial charge is 0.291 e. The Hall–Kier alpha value is -4.71. The predicted molar refractivity (Wildman–Crippen MR) is 139 cm³/mol. The summed E-state index contributed by atoms with van der Waals surface area (Å²) in [5, 5.41) is 11.0. The molecule has 0 spiro atoms. The standard InChI is InChI=1S/C29H24N4O2/c1-20-8-7-12-25(16-20)33-27(23-15-14-21-9-3-4-10-22(21)17-23)18-26(32-33)29(34)31-30-19-24-11-5-6-13-28(24)35-2/h3-19H,1-2H3,(H,31,34)/b30-19-. The number of amides is 1. The van der Waals surface area contributed by atoms with Crippen molar-refractivity contribution in [3.63, 3.8) is 0 Å². The molecule has 1 heterocycles. The molecule has 35 heavy (non-hydrogen) atoms. The second kappa shape index (κ2) is 9.65. The number of fused-ring (bicyclic) bond motifs is 1. The zero-order chi connectivity index (χ0) is 24.2. The third kappa shape index (κ3) is 4.68. The lowest BCUT2D eigenvalue weighted by molar-refractivity contribution is 0.0949. The number of rotatable bonds is 6. The van der Waals surface area contributed by atoms with Crippen molar-refractivity contribution in [2.75, 3.05) is 7.11 Å². The number of ether oxygens (including phenoxy) is 1. The number of carbonyl (C=O) groups is 1. The van der Waals surface area contributed by atoms with Crippen LogP contribution in [0.1, 0.15) is 21.6 Å². The van der Waals surface area contributed by atoms with Crippen molar-refractivity contribution in [1.29, 1.82) is 0 Å². The fourth-order valence-corrected chi connectivity index (χ4v) is 3.99. The van der Waals surface area contributed by atoms with Gasteiger partial charge >= 0.3 is 0 Å². The van der Waals surface area contributed by atoms with Crippen molar-refractivity contribution < 1.29 is 9.53 Å². The van der Waals surface area contributed by atoms with Crippen LogP contribution in [0, 0.1) is 6.92 Å². The molecule has 5 rings (SSSR count). The second-order valence-electron chi connectivity index (χ2n) is 8.17. The Balaban J connectivity index is 1.51. The average Bonchev–Trinajstić information content (AvgIpc) is 3.34. The molecule has 0 saturated heterocycles. The van der Waals surface area contributed by atoms with Crippen LogP contribution in [0.5, 0.6) is 5.75 Å². The van der Waals surface area contributed by atoms with Gasteiger partial charge in [0.25, 0.3) is 5.91 Å². The summed E-state index contributed by atoms with van der Waals surface area (Å²) >= 11 is 0. The van der Waals surface area contributed by atoms with Gasteiger partial charge in [-0.3, -0.25) is 4.79 Å². The zero-order valence-corrected chi connectivity index (χ0v) is 19.5. The summed E-state index contributed by atoms with van der Waals surface area (Å²) < 4.78 is 7.13. The van der Waals surface area contributed by atoms with E-state index in [4.69, 9.17) is 4.74 Å². The highest BCUT2D eigenvalue weighted by Gasteiger charge is 2.17. The maximum absolute atomic E-state index is 13.0. The Labute approximate surface area is 203 Å². The molecule has 5 aromatic rings. The van der Waals surface area contributed by atoms with E-state index in [1.807, 2.05) is 73.7 Å². The van der Waals surface area contributed by atoms with Gasteiger partial charge in [-0.15, -0.1) is 0 Å². The minimum atomic E-state index is -0.399. The lowest BCUT2D eigenvalue weighted by atomic mass is 10.0. The molecule has 0 saturated carbocycles. The number of hydrogen-bond acceptors (Lipinski definition) is 4. The minimum Gasteiger partial charge on any atom is -0.496 e. The molecule has 1 aromatic heterocycles. The topological polar surface area (TPSA) is 68.5 Å². The highest BCUT2D eigenvalue weighted by molar-refractivity contribution is 5.95. The molecular weight excluding hydrogens is 436 g/mol. The number of hydrogen-bond donors (Lipinski definition) is 1. The number of methoxy groups -OCH3 is 1. The normalized spacial score (nSPS) is 11.1. The number of aromatic nitrogens is 2. The first-order chi connectivity index (χ1) is 17.1. The number of benzene rings is 4. The quantitative estimate of drug-likeness (QED) is 0.258. The van der Waals surface area contributed by atoms with Crippen LogP contribution in [0.2, 0.25) is 0 Å².